The van der Waals surface area contributed by atoms with E-state index in [1.54, 1.807) is 68.9 Å². The predicted octanol–water partition coefficient (Wildman–Crippen LogP) is 5.51. The van der Waals surface area contributed by atoms with E-state index in [0.29, 0.717) is 40.2 Å². The van der Waals surface area contributed by atoms with Gasteiger partial charge in [-0.3, -0.25) is 4.79 Å². The highest BCUT2D eigenvalue weighted by molar-refractivity contribution is 6.04. The minimum atomic E-state index is -0.252. The van der Waals surface area contributed by atoms with Crippen LogP contribution in [-0.2, 0) is 0 Å². The summed E-state index contributed by atoms with van der Waals surface area (Å²) in [5.74, 6) is 2.44. The normalized spacial score (nSPS) is 10.4. The van der Waals surface area contributed by atoms with Crippen molar-refractivity contribution in [2.75, 3.05) is 19.5 Å². The van der Waals surface area contributed by atoms with Crippen molar-refractivity contribution in [3.63, 3.8) is 0 Å². The molecule has 1 amide bonds. The summed E-state index contributed by atoms with van der Waals surface area (Å²) in [7, 11) is 3.11. The van der Waals surface area contributed by atoms with E-state index in [2.05, 4.69) is 15.3 Å². The van der Waals surface area contributed by atoms with Gasteiger partial charge in [0.25, 0.3) is 5.91 Å². The quantitative estimate of drug-likeness (QED) is 0.407. The molecule has 0 bridgehead atoms. The SMILES string of the molecule is COc1ccc(NC(=O)c2ccc(Oc3ccnc(-c4ccc(C)cc4)n3)cc2)cc1OC. The van der Waals surface area contributed by atoms with Gasteiger partial charge in [-0.05, 0) is 43.3 Å². The molecular formula is C26H23N3O4. The van der Waals surface area contributed by atoms with Gasteiger partial charge in [-0.1, -0.05) is 29.8 Å². The molecule has 1 aromatic heterocycles. The molecule has 7 nitrogen and oxygen atoms in total. The van der Waals surface area contributed by atoms with Gasteiger partial charge in [0.1, 0.15) is 5.75 Å². The maximum absolute atomic E-state index is 12.6. The molecule has 0 saturated heterocycles. The predicted molar refractivity (Wildman–Crippen MR) is 126 cm³/mol. The Balaban J connectivity index is 1.44. The average molecular weight is 441 g/mol. The first kappa shape index (κ1) is 21.8. The summed E-state index contributed by atoms with van der Waals surface area (Å²) in [6.07, 6.45) is 1.66. The van der Waals surface area contributed by atoms with Crippen LogP contribution in [0.25, 0.3) is 11.4 Å². The molecule has 1 N–H and O–H groups in total. The van der Waals surface area contributed by atoms with E-state index >= 15 is 0 Å². The Morgan fingerprint density at radius 2 is 1.58 bits per heavy atom. The molecule has 7 heteroatoms. The Bertz CT molecular complexity index is 1260. The maximum Gasteiger partial charge on any atom is 0.255 e. The average Bonchev–Trinajstić information content (AvgIpc) is 2.85. The van der Waals surface area contributed by atoms with Crippen molar-refractivity contribution >= 4 is 11.6 Å². The summed E-state index contributed by atoms with van der Waals surface area (Å²) >= 11 is 0. The van der Waals surface area contributed by atoms with Crippen LogP contribution in [0.2, 0.25) is 0 Å². The zero-order chi connectivity index (χ0) is 23.2. The van der Waals surface area contributed by atoms with Gasteiger partial charge >= 0.3 is 0 Å². The summed E-state index contributed by atoms with van der Waals surface area (Å²) in [5, 5.41) is 2.85. The molecule has 0 spiro atoms. The van der Waals surface area contributed by atoms with Crippen molar-refractivity contribution in [1.82, 2.24) is 9.97 Å². The number of hydrogen-bond donors (Lipinski definition) is 1. The van der Waals surface area contributed by atoms with Crippen molar-refractivity contribution < 1.29 is 19.0 Å². The number of ether oxygens (including phenoxy) is 3. The number of aryl methyl sites for hydroxylation is 1. The largest absolute Gasteiger partial charge is 0.493 e. The van der Waals surface area contributed by atoms with Crippen LogP contribution in [0, 0.1) is 6.92 Å². The zero-order valence-corrected chi connectivity index (χ0v) is 18.5. The van der Waals surface area contributed by atoms with Crippen molar-refractivity contribution in [1.29, 1.82) is 0 Å². The summed E-state index contributed by atoms with van der Waals surface area (Å²) in [4.78, 5) is 21.4. The number of amides is 1. The molecule has 0 fully saturated rings. The Labute approximate surface area is 192 Å². The van der Waals surface area contributed by atoms with E-state index < -0.39 is 0 Å². The number of methoxy groups -OCH3 is 2. The van der Waals surface area contributed by atoms with Crippen LogP contribution in [-0.4, -0.2) is 30.1 Å². The number of rotatable bonds is 7. The lowest BCUT2D eigenvalue weighted by molar-refractivity contribution is 0.102. The van der Waals surface area contributed by atoms with Gasteiger partial charge in [0.05, 0.1) is 14.2 Å². The highest BCUT2D eigenvalue weighted by Gasteiger charge is 2.10. The smallest absolute Gasteiger partial charge is 0.255 e. The molecule has 3 aromatic carbocycles. The molecule has 0 radical (unpaired) electrons. The molecular weight excluding hydrogens is 418 g/mol. The summed E-state index contributed by atoms with van der Waals surface area (Å²) in [5.41, 5.74) is 3.16. The monoisotopic (exact) mass is 441 g/mol. The van der Waals surface area contributed by atoms with E-state index in [4.69, 9.17) is 14.2 Å². The van der Waals surface area contributed by atoms with Gasteiger partial charge in [0.15, 0.2) is 17.3 Å². The third-order valence-corrected chi connectivity index (χ3v) is 4.92. The first-order valence-corrected chi connectivity index (χ1v) is 10.3. The summed E-state index contributed by atoms with van der Waals surface area (Å²) < 4.78 is 16.4. The topological polar surface area (TPSA) is 82.6 Å². The number of aromatic nitrogens is 2. The number of anilines is 1. The van der Waals surface area contributed by atoms with Gasteiger partial charge in [-0.15, -0.1) is 0 Å². The third-order valence-electron chi connectivity index (χ3n) is 4.92. The van der Waals surface area contributed by atoms with E-state index in [-0.39, 0.29) is 5.91 Å². The lowest BCUT2D eigenvalue weighted by Gasteiger charge is -2.11. The summed E-state index contributed by atoms with van der Waals surface area (Å²) in [6.45, 7) is 2.03. The van der Waals surface area contributed by atoms with E-state index in [1.807, 2.05) is 31.2 Å². The van der Waals surface area contributed by atoms with Crippen LogP contribution in [0.15, 0.2) is 79.0 Å². The molecule has 166 valence electrons. The van der Waals surface area contributed by atoms with Crippen LogP contribution >= 0.6 is 0 Å². The van der Waals surface area contributed by atoms with Crippen LogP contribution < -0.4 is 19.5 Å². The van der Waals surface area contributed by atoms with Crippen molar-refractivity contribution in [3.05, 3.63) is 90.1 Å². The first-order valence-electron chi connectivity index (χ1n) is 10.3. The minimum Gasteiger partial charge on any atom is -0.493 e. The van der Waals surface area contributed by atoms with Crippen LogP contribution in [0.4, 0.5) is 5.69 Å². The molecule has 0 atom stereocenters. The molecule has 4 rings (SSSR count). The lowest BCUT2D eigenvalue weighted by Crippen LogP contribution is -2.11. The number of nitrogens with zero attached hydrogens (tertiary/aromatic N) is 2. The van der Waals surface area contributed by atoms with Crippen molar-refractivity contribution in [2.24, 2.45) is 0 Å². The number of nitrogens with one attached hydrogen (secondary N) is 1. The molecule has 0 aliphatic heterocycles. The second-order valence-corrected chi connectivity index (χ2v) is 7.23. The number of benzene rings is 3. The van der Waals surface area contributed by atoms with Gasteiger partial charge < -0.3 is 19.5 Å². The Hall–Kier alpha value is -4.39. The number of hydrogen-bond acceptors (Lipinski definition) is 6. The van der Waals surface area contributed by atoms with Gasteiger partial charge in [0.2, 0.25) is 5.88 Å². The lowest BCUT2D eigenvalue weighted by atomic mass is 10.1. The molecule has 0 saturated carbocycles. The third kappa shape index (κ3) is 5.27. The van der Waals surface area contributed by atoms with Gasteiger partial charge in [-0.2, -0.15) is 4.98 Å². The Morgan fingerprint density at radius 1 is 0.848 bits per heavy atom. The Morgan fingerprint density at radius 3 is 2.27 bits per heavy atom. The second kappa shape index (κ2) is 9.82. The van der Waals surface area contributed by atoms with Crippen molar-refractivity contribution in [3.8, 4) is 34.5 Å². The minimum absolute atomic E-state index is 0.252. The molecule has 4 aromatic rings. The Kier molecular flexibility index (Phi) is 6.50. The zero-order valence-electron chi connectivity index (χ0n) is 18.5. The van der Waals surface area contributed by atoms with Crippen LogP contribution in [0.1, 0.15) is 15.9 Å². The fourth-order valence-electron chi connectivity index (χ4n) is 3.15. The molecule has 0 aliphatic carbocycles. The number of carbonyl (C=O) groups is 1. The second-order valence-electron chi connectivity index (χ2n) is 7.23. The first-order chi connectivity index (χ1) is 16.1. The van der Waals surface area contributed by atoms with Crippen molar-refractivity contribution in [2.45, 2.75) is 6.92 Å². The maximum atomic E-state index is 12.6. The van der Waals surface area contributed by atoms with Gasteiger partial charge in [-0.25, -0.2) is 4.98 Å². The van der Waals surface area contributed by atoms with E-state index in [0.717, 1.165) is 5.56 Å². The number of carbonyl (C=O) groups excluding carboxylic acids is 1. The summed E-state index contributed by atoms with van der Waals surface area (Å²) in [6, 6.07) is 21.7. The fourth-order valence-corrected chi connectivity index (χ4v) is 3.15. The molecule has 0 unspecified atom stereocenters. The van der Waals surface area contributed by atoms with Crippen LogP contribution in [0.5, 0.6) is 23.1 Å². The highest BCUT2D eigenvalue weighted by atomic mass is 16.5. The van der Waals surface area contributed by atoms with E-state index in [1.165, 1.54) is 5.56 Å². The molecule has 33 heavy (non-hydrogen) atoms. The molecule has 1 heterocycles. The fraction of sp³-hybridized carbons (Fsp3) is 0.115. The highest BCUT2D eigenvalue weighted by Crippen LogP contribution is 2.30. The standard InChI is InChI=1S/C26H23N3O4/c1-17-4-6-18(7-5-17)25-27-15-14-24(29-25)33-21-11-8-19(9-12-21)26(30)28-20-10-13-22(31-2)23(16-20)32-3/h4-16H,1-3H3,(H,28,30). The van der Waals surface area contributed by atoms with E-state index in [9.17, 15) is 4.79 Å². The van der Waals surface area contributed by atoms with Crippen LogP contribution in [0.3, 0.4) is 0 Å². The van der Waals surface area contributed by atoms with Gasteiger partial charge in [0, 0.05) is 35.1 Å². The molecule has 0 aliphatic rings.